The number of pyridine rings is 2. The Morgan fingerprint density at radius 3 is 1.43 bits per heavy atom. The normalized spacial score (nSPS) is 10.4. The summed E-state index contributed by atoms with van der Waals surface area (Å²) in [7, 11) is 0. The Morgan fingerprint density at radius 1 is 0.629 bits per heavy atom. The lowest BCUT2D eigenvalue weighted by Crippen LogP contribution is -2.14. The summed E-state index contributed by atoms with van der Waals surface area (Å²) in [5.41, 5.74) is 1.37. The highest BCUT2D eigenvalue weighted by molar-refractivity contribution is 8.00. The number of hydrogen-bond acceptors (Lipinski definition) is 7. The molecule has 0 aliphatic rings. The molecule has 0 spiro atoms. The van der Waals surface area contributed by atoms with Crippen LogP contribution in [0.2, 0.25) is 0 Å². The van der Waals surface area contributed by atoms with E-state index in [2.05, 4.69) is 20.6 Å². The summed E-state index contributed by atoms with van der Waals surface area (Å²) in [6.45, 7) is 0. The first-order chi connectivity index (χ1) is 17.1. The summed E-state index contributed by atoms with van der Waals surface area (Å²) in [4.78, 5) is 32.7. The highest BCUT2D eigenvalue weighted by atomic mass is 32.2. The highest BCUT2D eigenvalue weighted by Crippen LogP contribution is 2.25. The molecule has 2 N–H and O–H groups in total. The third-order valence-electron chi connectivity index (χ3n) is 4.49. The van der Waals surface area contributed by atoms with E-state index in [0.29, 0.717) is 22.9 Å². The summed E-state index contributed by atoms with van der Waals surface area (Å²) in [5.74, 6) is 1.61. The molecule has 0 atom stereocenters. The van der Waals surface area contributed by atoms with Crippen molar-refractivity contribution in [3.05, 3.63) is 97.3 Å². The molecule has 2 aromatic carbocycles. The Hall–Kier alpha value is -3.82. The van der Waals surface area contributed by atoms with E-state index in [9.17, 15) is 9.59 Å². The fourth-order valence-corrected chi connectivity index (χ4v) is 4.21. The number of nitrogens with one attached hydrogen (secondary N) is 2. The minimum absolute atomic E-state index is 0.106. The van der Waals surface area contributed by atoms with E-state index < -0.39 is 0 Å². The molecular formula is C26H22N4O3S2. The number of rotatable bonds is 10. The molecule has 0 aliphatic carbocycles. The van der Waals surface area contributed by atoms with Gasteiger partial charge in [-0.15, -0.1) is 0 Å². The van der Waals surface area contributed by atoms with E-state index >= 15 is 0 Å². The second-order valence-electron chi connectivity index (χ2n) is 7.16. The van der Waals surface area contributed by atoms with Gasteiger partial charge in [-0.2, -0.15) is 0 Å². The van der Waals surface area contributed by atoms with Crippen molar-refractivity contribution in [3.8, 4) is 11.5 Å². The standard InChI is InChI=1S/C26H22N4O3S2/c31-23(17-34-25-5-1-3-15-27-25)29-19-7-11-21(12-8-19)33-22-13-9-20(10-14-22)30-24(32)18-35-26-6-2-4-16-28-26/h1-16H,17-18H2,(H,29,31)(H,30,32). The lowest BCUT2D eigenvalue weighted by atomic mass is 10.3. The van der Waals surface area contributed by atoms with Crippen molar-refractivity contribution >= 4 is 46.7 Å². The molecule has 0 aliphatic heterocycles. The average Bonchev–Trinajstić information content (AvgIpc) is 2.90. The van der Waals surface area contributed by atoms with Crippen molar-refractivity contribution < 1.29 is 14.3 Å². The zero-order chi connectivity index (χ0) is 24.3. The first-order valence-corrected chi connectivity index (χ1v) is 12.7. The summed E-state index contributed by atoms with van der Waals surface area (Å²) in [5, 5.41) is 7.33. The van der Waals surface area contributed by atoms with Gasteiger partial charge in [0.25, 0.3) is 0 Å². The van der Waals surface area contributed by atoms with Crippen LogP contribution in [-0.4, -0.2) is 33.3 Å². The maximum Gasteiger partial charge on any atom is 0.234 e. The molecule has 4 rings (SSSR count). The number of thioether (sulfide) groups is 2. The van der Waals surface area contributed by atoms with Gasteiger partial charge in [0.15, 0.2) is 0 Å². The van der Waals surface area contributed by atoms with Crippen molar-refractivity contribution in [3.63, 3.8) is 0 Å². The Kier molecular flexibility index (Phi) is 8.74. The Labute approximate surface area is 211 Å². The third-order valence-corrected chi connectivity index (χ3v) is 6.38. The third kappa shape index (κ3) is 8.16. The van der Waals surface area contributed by atoms with Crippen LogP contribution in [0.25, 0.3) is 0 Å². The molecule has 0 fully saturated rings. The Bertz CT molecular complexity index is 1140. The van der Waals surface area contributed by atoms with Gasteiger partial charge in [-0.25, -0.2) is 9.97 Å². The number of ether oxygens (including phenoxy) is 1. The smallest absolute Gasteiger partial charge is 0.234 e. The number of carbonyl (C=O) groups is 2. The number of nitrogens with zero attached hydrogens (tertiary/aromatic N) is 2. The lowest BCUT2D eigenvalue weighted by Gasteiger charge is -2.09. The second kappa shape index (κ2) is 12.6. The van der Waals surface area contributed by atoms with Gasteiger partial charge in [-0.05, 0) is 72.8 Å². The van der Waals surface area contributed by atoms with Crippen molar-refractivity contribution in [2.45, 2.75) is 10.1 Å². The highest BCUT2D eigenvalue weighted by Gasteiger charge is 2.07. The van der Waals surface area contributed by atoms with Crippen LogP contribution in [0, 0.1) is 0 Å². The Morgan fingerprint density at radius 2 is 1.06 bits per heavy atom. The lowest BCUT2D eigenvalue weighted by molar-refractivity contribution is -0.114. The van der Waals surface area contributed by atoms with Crippen LogP contribution in [0.3, 0.4) is 0 Å². The zero-order valence-electron chi connectivity index (χ0n) is 18.6. The molecule has 7 nitrogen and oxygen atoms in total. The predicted molar refractivity (Wildman–Crippen MR) is 140 cm³/mol. The van der Waals surface area contributed by atoms with Gasteiger partial charge in [-0.3, -0.25) is 9.59 Å². The monoisotopic (exact) mass is 502 g/mol. The van der Waals surface area contributed by atoms with Crippen molar-refractivity contribution in [2.24, 2.45) is 0 Å². The molecule has 9 heteroatoms. The topological polar surface area (TPSA) is 93.2 Å². The number of hydrogen-bond donors (Lipinski definition) is 2. The fraction of sp³-hybridized carbons (Fsp3) is 0.0769. The first-order valence-electron chi connectivity index (χ1n) is 10.7. The minimum atomic E-state index is -0.106. The summed E-state index contributed by atoms with van der Waals surface area (Å²) < 4.78 is 5.86. The molecular weight excluding hydrogens is 480 g/mol. The molecule has 176 valence electrons. The number of carbonyl (C=O) groups excluding carboxylic acids is 2. The van der Waals surface area contributed by atoms with Crippen LogP contribution >= 0.6 is 23.5 Å². The van der Waals surface area contributed by atoms with E-state index in [4.69, 9.17) is 4.74 Å². The largest absolute Gasteiger partial charge is 0.457 e. The number of amides is 2. The van der Waals surface area contributed by atoms with Gasteiger partial charge < -0.3 is 15.4 Å². The maximum absolute atomic E-state index is 12.2. The van der Waals surface area contributed by atoms with Crippen LogP contribution in [0.15, 0.2) is 107 Å². The van der Waals surface area contributed by atoms with Crippen LogP contribution in [0.5, 0.6) is 11.5 Å². The van der Waals surface area contributed by atoms with Crippen LogP contribution in [0.1, 0.15) is 0 Å². The van der Waals surface area contributed by atoms with Gasteiger partial charge in [0, 0.05) is 23.8 Å². The van der Waals surface area contributed by atoms with Gasteiger partial charge in [-0.1, -0.05) is 35.7 Å². The molecule has 0 unspecified atom stereocenters. The van der Waals surface area contributed by atoms with Crippen molar-refractivity contribution in [1.82, 2.24) is 9.97 Å². The number of aromatic nitrogens is 2. The molecule has 4 aromatic rings. The van der Waals surface area contributed by atoms with E-state index in [-0.39, 0.29) is 23.3 Å². The van der Waals surface area contributed by atoms with E-state index in [1.165, 1.54) is 23.5 Å². The van der Waals surface area contributed by atoms with Crippen molar-refractivity contribution in [2.75, 3.05) is 22.1 Å². The van der Waals surface area contributed by atoms with Crippen LogP contribution in [0.4, 0.5) is 11.4 Å². The van der Waals surface area contributed by atoms with Gasteiger partial charge in [0.05, 0.1) is 21.6 Å². The first kappa shape index (κ1) is 24.3. The van der Waals surface area contributed by atoms with E-state index in [1.54, 1.807) is 60.9 Å². The summed E-state index contributed by atoms with van der Waals surface area (Å²) in [6, 6.07) is 25.5. The molecule has 0 bridgehead atoms. The number of anilines is 2. The van der Waals surface area contributed by atoms with Crippen LogP contribution < -0.4 is 15.4 Å². The van der Waals surface area contributed by atoms with Gasteiger partial charge in [0.1, 0.15) is 11.5 Å². The SMILES string of the molecule is O=C(CSc1ccccn1)Nc1ccc(Oc2ccc(NC(=O)CSc3ccccn3)cc2)cc1. The molecule has 35 heavy (non-hydrogen) atoms. The zero-order valence-corrected chi connectivity index (χ0v) is 20.2. The van der Waals surface area contributed by atoms with E-state index in [0.717, 1.165) is 10.1 Å². The molecule has 0 saturated carbocycles. The quantitative estimate of drug-likeness (QED) is 0.268. The molecule has 2 amide bonds. The van der Waals surface area contributed by atoms with E-state index in [1.807, 2.05) is 36.4 Å². The molecule has 2 heterocycles. The average molecular weight is 503 g/mol. The van der Waals surface area contributed by atoms with Crippen molar-refractivity contribution in [1.29, 1.82) is 0 Å². The maximum atomic E-state index is 12.2. The molecule has 0 radical (unpaired) electrons. The molecule has 2 aromatic heterocycles. The Balaban J connectivity index is 1.21. The van der Waals surface area contributed by atoms with Crippen LogP contribution in [-0.2, 0) is 9.59 Å². The minimum Gasteiger partial charge on any atom is -0.457 e. The summed E-state index contributed by atoms with van der Waals surface area (Å²) >= 11 is 2.76. The predicted octanol–water partition coefficient (Wildman–Crippen LogP) is 5.73. The number of benzene rings is 2. The summed E-state index contributed by atoms with van der Waals surface area (Å²) in [6.07, 6.45) is 3.40. The van der Waals surface area contributed by atoms with Gasteiger partial charge >= 0.3 is 0 Å². The fourth-order valence-electron chi connectivity index (χ4n) is 2.89. The van der Waals surface area contributed by atoms with Gasteiger partial charge in [0.2, 0.25) is 11.8 Å². The molecule has 0 saturated heterocycles. The second-order valence-corrected chi connectivity index (χ2v) is 9.15.